The van der Waals surface area contributed by atoms with Crippen molar-refractivity contribution in [3.05, 3.63) is 0 Å². The zero-order chi connectivity index (χ0) is 41.9. The van der Waals surface area contributed by atoms with E-state index in [2.05, 4.69) is 13.8 Å². The van der Waals surface area contributed by atoms with Crippen LogP contribution in [0.3, 0.4) is 0 Å². The number of hydrogen-bond acceptors (Lipinski definition) is 9. The van der Waals surface area contributed by atoms with Crippen LogP contribution < -0.4 is 0 Å². The van der Waals surface area contributed by atoms with Gasteiger partial charge in [-0.25, -0.2) is 4.57 Å². The van der Waals surface area contributed by atoms with Crippen LogP contribution in [-0.2, 0) is 32.7 Å². The molecule has 0 aromatic heterocycles. The minimum atomic E-state index is -4.63. The molecule has 3 unspecified atom stereocenters. The van der Waals surface area contributed by atoms with E-state index in [0.717, 1.165) is 38.5 Å². The van der Waals surface area contributed by atoms with Crippen LogP contribution in [0.1, 0.15) is 245 Å². The Morgan fingerprint density at radius 2 is 0.614 bits per heavy atom. The first kappa shape index (κ1) is 56.0. The highest BCUT2D eigenvalue weighted by atomic mass is 31.2. The predicted molar refractivity (Wildman–Crippen MR) is 233 cm³/mol. The monoisotopic (exact) mass is 835 g/mol. The van der Waals surface area contributed by atoms with E-state index in [4.69, 9.17) is 18.5 Å². The quantitative estimate of drug-likeness (QED) is 0.0307. The number of carbonyl (C=O) groups is 2. The largest absolute Gasteiger partial charge is 0.472 e. The van der Waals surface area contributed by atoms with E-state index < -0.39 is 58.4 Å². The predicted octanol–water partition coefficient (Wildman–Crippen LogP) is 13.0. The zero-order valence-electron chi connectivity index (χ0n) is 37.1. The molecule has 0 bridgehead atoms. The highest BCUT2D eigenvalue weighted by molar-refractivity contribution is 7.47. The maximum absolute atomic E-state index is 12.4. The lowest BCUT2D eigenvalue weighted by atomic mass is 10.0. The molecular weight excluding hydrogens is 743 g/mol. The highest BCUT2D eigenvalue weighted by Crippen LogP contribution is 2.43. The summed E-state index contributed by atoms with van der Waals surface area (Å²) < 4.78 is 32.6. The van der Waals surface area contributed by atoms with E-state index in [1.165, 1.54) is 167 Å². The zero-order valence-corrected chi connectivity index (χ0v) is 38.0. The molecule has 0 spiro atoms. The Bertz CT molecular complexity index is 920. The van der Waals surface area contributed by atoms with E-state index in [0.29, 0.717) is 12.8 Å². The molecule has 0 radical (unpaired) electrons. The smallest absolute Gasteiger partial charge is 0.457 e. The number of rotatable bonds is 46. The second-order valence-electron chi connectivity index (χ2n) is 16.5. The van der Waals surface area contributed by atoms with Crippen molar-refractivity contribution in [2.75, 3.05) is 26.4 Å². The van der Waals surface area contributed by atoms with Crippen molar-refractivity contribution < 1.29 is 47.8 Å². The molecule has 57 heavy (non-hydrogen) atoms. The molecule has 0 amide bonds. The van der Waals surface area contributed by atoms with Crippen molar-refractivity contribution in [3.8, 4) is 0 Å². The normalized spacial score (nSPS) is 13.7. The number of carbonyl (C=O) groups excluding carboxylic acids is 2. The molecule has 0 fully saturated rings. The van der Waals surface area contributed by atoms with Gasteiger partial charge in [-0.05, 0) is 12.8 Å². The number of ether oxygens (including phenoxy) is 2. The lowest BCUT2D eigenvalue weighted by molar-refractivity contribution is -0.153. The molecule has 0 saturated carbocycles. The summed E-state index contributed by atoms with van der Waals surface area (Å²) in [5.41, 5.74) is 0. The lowest BCUT2D eigenvalue weighted by Gasteiger charge is -2.20. The molecule has 0 aromatic rings. The summed E-state index contributed by atoms with van der Waals surface area (Å²) in [6.07, 6.45) is 40.8. The Morgan fingerprint density at radius 1 is 0.404 bits per heavy atom. The summed E-state index contributed by atoms with van der Waals surface area (Å²) in [6.45, 7) is 2.26. The maximum atomic E-state index is 12.4. The fourth-order valence-corrected chi connectivity index (χ4v) is 7.90. The summed E-state index contributed by atoms with van der Waals surface area (Å²) in [7, 11) is -4.63. The fourth-order valence-electron chi connectivity index (χ4n) is 7.12. The van der Waals surface area contributed by atoms with Crippen LogP contribution in [0.25, 0.3) is 0 Å². The van der Waals surface area contributed by atoms with Crippen LogP contribution in [0.2, 0.25) is 0 Å². The van der Waals surface area contributed by atoms with Gasteiger partial charge in [-0.2, -0.15) is 0 Å². The first-order valence-electron chi connectivity index (χ1n) is 24.0. The molecule has 10 nitrogen and oxygen atoms in total. The van der Waals surface area contributed by atoms with Crippen molar-refractivity contribution >= 4 is 19.8 Å². The van der Waals surface area contributed by atoms with E-state index >= 15 is 0 Å². The van der Waals surface area contributed by atoms with Gasteiger partial charge in [-0.15, -0.1) is 0 Å². The number of phosphoric acid groups is 1. The third kappa shape index (κ3) is 41.5. The fraction of sp³-hybridized carbons (Fsp3) is 0.957. The number of aliphatic hydroxyl groups is 2. The lowest BCUT2D eigenvalue weighted by Crippen LogP contribution is -2.28. The Balaban J connectivity index is 3.80. The van der Waals surface area contributed by atoms with Crippen LogP contribution in [0.15, 0.2) is 0 Å². The van der Waals surface area contributed by atoms with E-state index in [9.17, 15) is 29.3 Å². The van der Waals surface area contributed by atoms with Gasteiger partial charge in [0.1, 0.15) is 12.2 Å². The van der Waals surface area contributed by atoms with Crippen molar-refractivity contribution in [1.82, 2.24) is 0 Å². The van der Waals surface area contributed by atoms with Gasteiger partial charge in [0, 0.05) is 12.8 Å². The summed E-state index contributed by atoms with van der Waals surface area (Å²) in [6, 6.07) is 0. The number of aliphatic hydroxyl groups excluding tert-OH is 2. The molecular formula is C46H91O10P. The van der Waals surface area contributed by atoms with E-state index in [1.54, 1.807) is 0 Å². The first-order chi connectivity index (χ1) is 27.8. The molecule has 0 rings (SSSR count). The van der Waals surface area contributed by atoms with E-state index in [-0.39, 0.29) is 12.8 Å². The minimum Gasteiger partial charge on any atom is -0.457 e. The average molecular weight is 835 g/mol. The minimum absolute atomic E-state index is 0.199. The SMILES string of the molecule is CCCCCCCCCCCCCCCCCCCCCCCC(=O)OC(CO)COP(=O)(O)OCC(CO)OC(=O)CCCCCCCCCCCCCCC. The number of esters is 2. The van der Waals surface area contributed by atoms with E-state index in [1.807, 2.05) is 0 Å². The standard InChI is InChI=1S/C46H91O10P/c1-3-5-7-9-11-13-15-17-18-19-20-21-22-23-24-26-28-30-32-34-36-38-46(50)56-44(40-48)42-54-57(51,52)53-41-43(39-47)55-45(49)37-35-33-31-29-27-25-16-14-12-10-8-6-4-2/h43-44,47-48H,3-42H2,1-2H3,(H,51,52). The topological polar surface area (TPSA) is 149 Å². The van der Waals surface area contributed by atoms with Crippen LogP contribution in [-0.4, -0.2) is 65.7 Å². The summed E-state index contributed by atoms with van der Waals surface area (Å²) in [4.78, 5) is 34.6. The Morgan fingerprint density at radius 3 is 0.825 bits per heavy atom. The molecule has 0 aliphatic carbocycles. The van der Waals surface area contributed by atoms with Gasteiger partial charge in [-0.1, -0.05) is 219 Å². The second-order valence-corrected chi connectivity index (χ2v) is 17.9. The van der Waals surface area contributed by atoms with Gasteiger partial charge < -0.3 is 24.6 Å². The van der Waals surface area contributed by atoms with Gasteiger partial charge in [0.2, 0.25) is 0 Å². The number of unbranched alkanes of at least 4 members (excludes halogenated alkanes) is 32. The van der Waals surface area contributed by atoms with Gasteiger partial charge in [0.15, 0.2) is 0 Å². The first-order valence-corrected chi connectivity index (χ1v) is 25.5. The van der Waals surface area contributed by atoms with Crippen molar-refractivity contribution in [2.45, 2.75) is 257 Å². The third-order valence-corrected chi connectivity index (χ3v) is 11.8. The van der Waals surface area contributed by atoms with Gasteiger partial charge in [-0.3, -0.25) is 18.6 Å². The molecule has 0 heterocycles. The van der Waals surface area contributed by atoms with Crippen LogP contribution in [0.5, 0.6) is 0 Å². The third-order valence-electron chi connectivity index (χ3n) is 10.8. The van der Waals surface area contributed by atoms with Crippen molar-refractivity contribution in [1.29, 1.82) is 0 Å². The Labute approximate surface area is 350 Å². The van der Waals surface area contributed by atoms with Gasteiger partial charge >= 0.3 is 19.8 Å². The molecule has 11 heteroatoms. The molecule has 3 atom stereocenters. The van der Waals surface area contributed by atoms with Crippen molar-refractivity contribution in [2.24, 2.45) is 0 Å². The van der Waals surface area contributed by atoms with Crippen molar-refractivity contribution in [3.63, 3.8) is 0 Å². The highest BCUT2D eigenvalue weighted by Gasteiger charge is 2.27. The van der Waals surface area contributed by atoms with Gasteiger partial charge in [0.25, 0.3) is 0 Å². The number of phosphoric ester groups is 1. The van der Waals surface area contributed by atoms with Gasteiger partial charge in [0.05, 0.1) is 26.4 Å². The molecule has 0 aromatic carbocycles. The molecule has 3 N–H and O–H groups in total. The molecule has 0 aliphatic heterocycles. The van der Waals surface area contributed by atoms with Crippen LogP contribution in [0.4, 0.5) is 0 Å². The number of hydrogen-bond donors (Lipinski definition) is 3. The molecule has 0 saturated heterocycles. The summed E-state index contributed by atoms with van der Waals surface area (Å²) >= 11 is 0. The van der Waals surface area contributed by atoms with Crippen LogP contribution >= 0.6 is 7.82 Å². The Kier molecular flexibility index (Phi) is 42.3. The summed E-state index contributed by atoms with van der Waals surface area (Å²) in [5.74, 6) is -1.00. The maximum Gasteiger partial charge on any atom is 0.472 e. The summed E-state index contributed by atoms with van der Waals surface area (Å²) in [5, 5.41) is 19.2. The van der Waals surface area contributed by atoms with Crippen LogP contribution in [0, 0.1) is 0 Å². The molecule has 340 valence electrons. The Hall–Kier alpha value is -1.03. The molecule has 0 aliphatic rings. The second kappa shape index (κ2) is 43.1. The average Bonchev–Trinajstić information content (AvgIpc) is 3.20.